The van der Waals surface area contributed by atoms with Crippen LogP contribution in [0, 0.1) is 5.82 Å². The smallest absolute Gasteiger partial charge is 0.272 e. The summed E-state index contributed by atoms with van der Waals surface area (Å²) in [5.74, 6) is 0.0221. The van der Waals surface area contributed by atoms with Crippen LogP contribution >= 0.6 is 15.9 Å². The van der Waals surface area contributed by atoms with E-state index in [0.717, 1.165) is 44.3 Å². The molecule has 1 amide bonds. The number of rotatable bonds is 3. The van der Waals surface area contributed by atoms with Crippen LogP contribution in [0.15, 0.2) is 34.8 Å². The first-order valence-electron chi connectivity index (χ1n) is 11.2. The molecule has 1 aromatic carbocycles. The van der Waals surface area contributed by atoms with E-state index in [1.807, 2.05) is 15.5 Å². The zero-order valence-electron chi connectivity index (χ0n) is 17.7. The molecule has 162 valence electrons. The fourth-order valence-corrected chi connectivity index (χ4v) is 4.99. The summed E-state index contributed by atoms with van der Waals surface area (Å²) in [5, 5.41) is 4.69. The van der Waals surface area contributed by atoms with Crippen molar-refractivity contribution in [3.8, 4) is 11.3 Å². The number of fused-ring (bicyclic) bond motifs is 1. The molecule has 1 saturated heterocycles. The van der Waals surface area contributed by atoms with Gasteiger partial charge in [-0.05, 0) is 56.9 Å². The summed E-state index contributed by atoms with van der Waals surface area (Å²) in [6.45, 7) is 2.90. The molecule has 3 aromatic rings. The van der Waals surface area contributed by atoms with Crippen LogP contribution in [0.2, 0.25) is 0 Å². The quantitative estimate of drug-likeness (QED) is 0.459. The molecule has 2 fully saturated rings. The maximum atomic E-state index is 14.6. The first-order valence-corrected chi connectivity index (χ1v) is 12.0. The number of hydrogen-bond acceptors (Lipinski definition) is 3. The molecule has 2 aromatic heterocycles. The van der Waals surface area contributed by atoms with E-state index < -0.39 is 0 Å². The van der Waals surface area contributed by atoms with Gasteiger partial charge >= 0.3 is 0 Å². The summed E-state index contributed by atoms with van der Waals surface area (Å²) in [5.41, 5.74) is 3.05. The largest absolute Gasteiger partial charge is 0.335 e. The maximum absolute atomic E-state index is 14.6. The minimum absolute atomic E-state index is 0.00459. The molecule has 31 heavy (non-hydrogen) atoms. The van der Waals surface area contributed by atoms with Crippen molar-refractivity contribution >= 4 is 27.5 Å². The third-order valence-electron chi connectivity index (χ3n) is 6.72. The third-order valence-corrected chi connectivity index (χ3v) is 7.21. The molecular weight excluding hydrogens is 459 g/mol. The first kappa shape index (κ1) is 20.6. The summed E-state index contributed by atoms with van der Waals surface area (Å²) in [4.78, 5) is 20.1. The fourth-order valence-electron chi connectivity index (χ4n) is 4.65. The number of carbonyl (C=O) groups is 1. The van der Waals surface area contributed by atoms with Gasteiger partial charge in [-0.1, -0.05) is 35.2 Å². The second-order valence-electron chi connectivity index (χ2n) is 8.81. The molecule has 3 heterocycles. The third kappa shape index (κ3) is 3.88. The lowest BCUT2D eigenvalue weighted by atomic mass is 9.82. The molecule has 0 unspecified atom stereocenters. The highest BCUT2D eigenvalue weighted by Crippen LogP contribution is 2.37. The van der Waals surface area contributed by atoms with Crippen molar-refractivity contribution in [2.45, 2.75) is 63.8 Å². The Hall–Kier alpha value is -2.28. The van der Waals surface area contributed by atoms with E-state index in [9.17, 15) is 9.18 Å². The monoisotopic (exact) mass is 484 g/mol. The zero-order chi connectivity index (χ0) is 21.5. The molecule has 5 nitrogen and oxygen atoms in total. The zero-order valence-corrected chi connectivity index (χ0v) is 19.2. The van der Waals surface area contributed by atoms with Crippen molar-refractivity contribution in [1.82, 2.24) is 19.5 Å². The van der Waals surface area contributed by atoms with Gasteiger partial charge in [0.2, 0.25) is 0 Å². The fraction of sp³-hybridized carbons (Fsp3) is 0.458. The Morgan fingerprint density at radius 2 is 1.94 bits per heavy atom. The van der Waals surface area contributed by atoms with Crippen LogP contribution in [-0.4, -0.2) is 38.0 Å². The van der Waals surface area contributed by atoms with E-state index in [1.54, 1.807) is 18.2 Å². The van der Waals surface area contributed by atoms with Gasteiger partial charge in [0.1, 0.15) is 11.5 Å². The van der Waals surface area contributed by atoms with Gasteiger partial charge in [0.05, 0.1) is 5.69 Å². The van der Waals surface area contributed by atoms with Crippen molar-refractivity contribution in [3.05, 3.63) is 52.0 Å². The van der Waals surface area contributed by atoms with E-state index in [0.29, 0.717) is 33.0 Å². The Labute approximate surface area is 189 Å². The molecule has 0 bridgehead atoms. The van der Waals surface area contributed by atoms with Crippen molar-refractivity contribution in [2.24, 2.45) is 0 Å². The average Bonchev–Trinajstić information content (AvgIpc) is 3.01. The van der Waals surface area contributed by atoms with Crippen molar-refractivity contribution in [3.63, 3.8) is 0 Å². The molecule has 1 atom stereocenters. The molecule has 5 rings (SSSR count). The molecule has 1 aliphatic carbocycles. The van der Waals surface area contributed by atoms with Crippen LogP contribution in [0.5, 0.6) is 0 Å². The number of hydrogen-bond donors (Lipinski definition) is 0. The summed E-state index contributed by atoms with van der Waals surface area (Å²) in [7, 11) is 0. The minimum atomic E-state index is -0.335. The summed E-state index contributed by atoms with van der Waals surface area (Å²) in [6, 6.07) is 8.89. The number of aromatic nitrogens is 3. The van der Waals surface area contributed by atoms with Gasteiger partial charge in [0, 0.05) is 40.3 Å². The first-order chi connectivity index (χ1) is 15.0. The summed E-state index contributed by atoms with van der Waals surface area (Å²) < 4.78 is 17.1. The van der Waals surface area contributed by atoms with Crippen LogP contribution in [0.4, 0.5) is 4.39 Å². The average molecular weight is 485 g/mol. The molecule has 0 radical (unpaired) electrons. The number of likely N-dealkylation sites (tertiary alicyclic amines) is 1. The van der Waals surface area contributed by atoms with Gasteiger partial charge in [-0.15, -0.1) is 0 Å². The Balaban J connectivity index is 1.59. The topological polar surface area (TPSA) is 50.5 Å². The summed E-state index contributed by atoms with van der Waals surface area (Å²) >= 11 is 3.30. The highest BCUT2D eigenvalue weighted by atomic mass is 79.9. The lowest BCUT2D eigenvalue weighted by Crippen LogP contribution is -2.38. The van der Waals surface area contributed by atoms with Crippen LogP contribution in [0.1, 0.15) is 74.0 Å². The second-order valence-corrected chi connectivity index (χ2v) is 9.73. The number of halogens is 2. The minimum Gasteiger partial charge on any atom is -0.335 e. The normalized spacial score (nSPS) is 20.0. The SMILES string of the molecule is C[C@@H]1CCCCCN1C(=O)c1cc(C2CCC2)n2nc(-c3ccc(Br)cc3F)cc2n1. The molecule has 2 aliphatic rings. The number of amides is 1. The highest BCUT2D eigenvalue weighted by Gasteiger charge is 2.29. The molecule has 7 heteroatoms. The van der Waals surface area contributed by atoms with Gasteiger partial charge in [-0.3, -0.25) is 4.79 Å². The summed E-state index contributed by atoms with van der Waals surface area (Å²) in [6.07, 6.45) is 7.73. The van der Waals surface area contributed by atoms with Gasteiger partial charge in [0.15, 0.2) is 5.65 Å². The van der Waals surface area contributed by atoms with Gasteiger partial charge in [-0.2, -0.15) is 5.10 Å². The Morgan fingerprint density at radius 3 is 2.68 bits per heavy atom. The van der Waals surface area contributed by atoms with Crippen LogP contribution in [0.25, 0.3) is 16.9 Å². The van der Waals surface area contributed by atoms with Crippen molar-refractivity contribution in [2.75, 3.05) is 6.54 Å². The maximum Gasteiger partial charge on any atom is 0.272 e. The number of benzene rings is 1. The second kappa shape index (κ2) is 8.34. The number of nitrogens with zero attached hydrogens (tertiary/aromatic N) is 4. The lowest BCUT2D eigenvalue weighted by Gasteiger charge is -2.29. The Morgan fingerprint density at radius 1 is 1.10 bits per heavy atom. The lowest BCUT2D eigenvalue weighted by molar-refractivity contribution is 0.0691. The molecular formula is C24H26BrFN4O. The molecule has 1 aliphatic heterocycles. The van der Waals surface area contributed by atoms with E-state index in [4.69, 9.17) is 5.10 Å². The number of carbonyl (C=O) groups excluding carboxylic acids is 1. The predicted molar refractivity (Wildman–Crippen MR) is 122 cm³/mol. The Kier molecular flexibility index (Phi) is 5.54. The van der Waals surface area contributed by atoms with Crippen molar-refractivity contribution in [1.29, 1.82) is 0 Å². The van der Waals surface area contributed by atoms with Crippen LogP contribution < -0.4 is 0 Å². The molecule has 0 N–H and O–H groups in total. The highest BCUT2D eigenvalue weighted by molar-refractivity contribution is 9.10. The van der Waals surface area contributed by atoms with E-state index in [1.165, 1.54) is 18.9 Å². The van der Waals surface area contributed by atoms with E-state index in [-0.39, 0.29) is 17.8 Å². The molecule has 1 saturated carbocycles. The van der Waals surface area contributed by atoms with Crippen LogP contribution in [-0.2, 0) is 0 Å². The van der Waals surface area contributed by atoms with E-state index in [2.05, 4.69) is 27.8 Å². The van der Waals surface area contributed by atoms with E-state index >= 15 is 0 Å². The van der Waals surface area contributed by atoms with Crippen LogP contribution in [0.3, 0.4) is 0 Å². The molecule has 0 spiro atoms. The standard InChI is InChI=1S/C24H26BrFN4O/c1-15-6-3-2-4-11-29(15)24(31)21-13-22(16-7-5-8-16)30-23(27-21)14-20(28-30)18-10-9-17(25)12-19(18)26/h9-10,12-16H,2-8,11H2,1H3/t15-/m1/s1. The predicted octanol–water partition coefficient (Wildman–Crippen LogP) is 5.97. The van der Waals surface area contributed by atoms with Crippen molar-refractivity contribution < 1.29 is 9.18 Å². The Bertz CT molecular complexity index is 1140. The van der Waals surface area contributed by atoms with Gasteiger partial charge in [0.25, 0.3) is 5.91 Å². The van der Waals surface area contributed by atoms with Gasteiger partial charge in [-0.25, -0.2) is 13.9 Å². The van der Waals surface area contributed by atoms with Gasteiger partial charge < -0.3 is 4.90 Å².